The molecular formula is C28H33N3O5. The van der Waals surface area contributed by atoms with E-state index >= 15 is 0 Å². The molecule has 8 heteroatoms. The van der Waals surface area contributed by atoms with Crippen molar-refractivity contribution in [3.63, 3.8) is 0 Å². The summed E-state index contributed by atoms with van der Waals surface area (Å²) in [5.41, 5.74) is 2.60. The molecule has 2 fully saturated rings. The highest BCUT2D eigenvalue weighted by molar-refractivity contribution is 5.82. The van der Waals surface area contributed by atoms with Gasteiger partial charge in [-0.1, -0.05) is 19.3 Å². The van der Waals surface area contributed by atoms with E-state index in [4.69, 9.17) is 9.15 Å². The standard InChI is InChI=1S/C28H33N3O5/c32-28-20-26(21-5-2-1-3-6-21)25-12-11-24(19-27(25)36-28)35-18-4-13-29-14-16-30(17-15-29)22-7-9-23(10-8-22)31(33)34/h7-12,19-21H,1-6,13-18H2. The zero-order chi connectivity index (χ0) is 24.9. The highest BCUT2D eigenvalue weighted by Crippen LogP contribution is 2.36. The summed E-state index contributed by atoms with van der Waals surface area (Å²) in [6.45, 7) is 5.23. The summed E-state index contributed by atoms with van der Waals surface area (Å²) >= 11 is 0. The number of nitro benzene ring substituents is 1. The van der Waals surface area contributed by atoms with Crippen LogP contribution in [0.5, 0.6) is 5.75 Å². The van der Waals surface area contributed by atoms with E-state index in [1.54, 1.807) is 18.2 Å². The number of hydrogen-bond donors (Lipinski definition) is 0. The van der Waals surface area contributed by atoms with Crippen LogP contribution in [0, 0.1) is 10.1 Å². The van der Waals surface area contributed by atoms with Crippen LogP contribution in [-0.2, 0) is 0 Å². The van der Waals surface area contributed by atoms with Crippen LogP contribution in [0.15, 0.2) is 57.7 Å². The second kappa shape index (κ2) is 11.1. The number of non-ortho nitro benzene ring substituents is 1. The summed E-state index contributed by atoms with van der Waals surface area (Å²) in [5, 5.41) is 11.9. The van der Waals surface area contributed by atoms with Gasteiger partial charge in [0.2, 0.25) is 0 Å². The molecule has 0 spiro atoms. The molecule has 0 amide bonds. The minimum Gasteiger partial charge on any atom is -0.493 e. The maximum atomic E-state index is 12.2. The van der Waals surface area contributed by atoms with E-state index < -0.39 is 0 Å². The highest BCUT2D eigenvalue weighted by Gasteiger charge is 2.20. The van der Waals surface area contributed by atoms with Crippen molar-refractivity contribution in [2.75, 3.05) is 44.2 Å². The Morgan fingerprint density at radius 2 is 1.72 bits per heavy atom. The summed E-state index contributed by atoms with van der Waals surface area (Å²) < 4.78 is 11.5. The van der Waals surface area contributed by atoms with Crippen molar-refractivity contribution >= 4 is 22.3 Å². The number of benzene rings is 2. The van der Waals surface area contributed by atoms with Crippen molar-refractivity contribution in [1.82, 2.24) is 4.90 Å². The Balaban J connectivity index is 1.10. The van der Waals surface area contributed by atoms with E-state index in [-0.39, 0.29) is 16.2 Å². The van der Waals surface area contributed by atoms with Crippen molar-refractivity contribution in [3.05, 3.63) is 74.6 Å². The monoisotopic (exact) mass is 491 g/mol. The molecule has 1 aliphatic carbocycles. The largest absolute Gasteiger partial charge is 0.493 e. The van der Waals surface area contributed by atoms with E-state index in [1.807, 2.05) is 30.3 Å². The van der Waals surface area contributed by atoms with Crippen LogP contribution >= 0.6 is 0 Å². The van der Waals surface area contributed by atoms with Crippen LogP contribution < -0.4 is 15.3 Å². The van der Waals surface area contributed by atoms with Gasteiger partial charge in [-0.05, 0) is 55.0 Å². The first-order chi connectivity index (χ1) is 17.6. The van der Waals surface area contributed by atoms with Crippen LogP contribution in [0.3, 0.4) is 0 Å². The topological polar surface area (TPSA) is 89.1 Å². The van der Waals surface area contributed by atoms with Crippen molar-refractivity contribution in [3.8, 4) is 5.75 Å². The minimum atomic E-state index is -0.369. The van der Waals surface area contributed by atoms with E-state index in [9.17, 15) is 14.9 Å². The zero-order valence-corrected chi connectivity index (χ0v) is 20.6. The normalized spacial score (nSPS) is 17.4. The minimum absolute atomic E-state index is 0.121. The van der Waals surface area contributed by atoms with Gasteiger partial charge in [0.25, 0.3) is 5.69 Å². The van der Waals surface area contributed by atoms with Gasteiger partial charge in [-0.25, -0.2) is 4.79 Å². The predicted molar refractivity (Wildman–Crippen MR) is 140 cm³/mol. The number of piperazine rings is 1. The Morgan fingerprint density at radius 1 is 0.972 bits per heavy atom. The number of nitrogens with zero attached hydrogens (tertiary/aromatic N) is 3. The van der Waals surface area contributed by atoms with Crippen molar-refractivity contribution < 1.29 is 14.1 Å². The summed E-state index contributed by atoms with van der Waals surface area (Å²) in [5.74, 6) is 1.17. The molecule has 0 radical (unpaired) electrons. The van der Waals surface area contributed by atoms with Crippen LogP contribution in [-0.4, -0.2) is 49.2 Å². The Kier molecular flexibility index (Phi) is 7.51. The SMILES string of the molecule is O=c1cc(C2CCCCC2)c2ccc(OCCCN3CCN(c4ccc([N+](=O)[O-])cc4)CC3)cc2o1. The van der Waals surface area contributed by atoms with Crippen LogP contribution in [0.4, 0.5) is 11.4 Å². The van der Waals surface area contributed by atoms with Gasteiger partial charge in [0, 0.05) is 68.1 Å². The summed E-state index contributed by atoms with van der Waals surface area (Å²) in [6.07, 6.45) is 6.90. The van der Waals surface area contributed by atoms with Crippen LogP contribution in [0.2, 0.25) is 0 Å². The second-order valence-corrected chi connectivity index (χ2v) is 9.82. The van der Waals surface area contributed by atoms with Gasteiger partial charge in [0.1, 0.15) is 11.3 Å². The number of anilines is 1. The molecule has 0 atom stereocenters. The van der Waals surface area contributed by atoms with Gasteiger partial charge in [-0.15, -0.1) is 0 Å². The number of nitro groups is 1. The highest BCUT2D eigenvalue weighted by atomic mass is 16.6. The fraction of sp³-hybridized carbons (Fsp3) is 0.464. The molecule has 1 aliphatic heterocycles. The van der Waals surface area contributed by atoms with Crippen molar-refractivity contribution in [1.29, 1.82) is 0 Å². The van der Waals surface area contributed by atoms with Gasteiger partial charge >= 0.3 is 5.63 Å². The van der Waals surface area contributed by atoms with Crippen LogP contribution in [0.1, 0.15) is 50.0 Å². The summed E-state index contributed by atoms with van der Waals surface area (Å²) in [7, 11) is 0. The number of ether oxygens (including phenoxy) is 1. The average Bonchev–Trinajstić information content (AvgIpc) is 2.91. The molecule has 2 aromatic carbocycles. The molecule has 8 nitrogen and oxygen atoms in total. The molecule has 3 aromatic rings. The summed E-state index contributed by atoms with van der Waals surface area (Å²) in [4.78, 5) is 27.4. The molecule has 2 aliphatic rings. The third-order valence-electron chi connectivity index (χ3n) is 7.48. The molecule has 1 aromatic heterocycles. The van der Waals surface area contributed by atoms with Crippen molar-refractivity contribution in [2.24, 2.45) is 0 Å². The third kappa shape index (κ3) is 5.70. The lowest BCUT2D eigenvalue weighted by Crippen LogP contribution is -2.46. The first kappa shape index (κ1) is 24.3. The van der Waals surface area contributed by atoms with Gasteiger partial charge in [0.05, 0.1) is 11.5 Å². The van der Waals surface area contributed by atoms with E-state index in [1.165, 1.54) is 19.3 Å². The van der Waals surface area contributed by atoms with Gasteiger partial charge in [-0.2, -0.15) is 0 Å². The molecule has 0 bridgehead atoms. The van der Waals surface area contributed by atoms with Crippen molar-refractivity contribution in [2.45, 2.75) is 44.4 Å². The Bertz CT molecular complexity index is 1240. The Hall–Kier alpha value is -3.39. The lowest BCUT2D eigenvalue weighted by molar-refractivity contribution is -0.384. The third-order valence-corrected chi connectivity index (χ3v) is 7.48. The molecule has 2 heterocycles. The van der Waals surface area contributed by atoms with Gasteiger partial charge in [0.15, 0.2) is 0 Å². The lowest BCUT2D eigenvalue weighted by Gasteiger charge is -2.36. The Morgan fingerprint density at radius 3 is 2.44 bits per heavy atom. The predicted octanol–water partition coefficient (Wildman–Crippen LogP) is 5.34. The molecular weight excluding hydrogens is 458 g/mol. The molecule has 190 valence electrons. The molecule has 1 saturated carbocycles. The molecule has 1 saturated heterocycles. The molecule has 0 unspecified atom stereocenters. The Labute approximate surface area is 210 Å². The number of hydrogen-bond acceptors (Lipinski definition) is 7. The smallest absolute Gasteiger partial charge is 0.336 e. The molecule has 0 N–H and O–H groups in total. The zero-order valence-electron chi connectivity index (χ0n) is 20.6. The summed E-state index contributed by atoms with van der Waals surface area (Å²) in [6, 6.07) is 14.3. The first-order valence-electron chi connectivity index (χ1n) is 13.0. The van der Waals surface area contributed by atoms with Gasteiger partial charge in [-0.3, -0.25) is 15.0 Å². The maximum Gasteiger partial charge on any atom is 0.336 e. The molecule has 5 rings (SSSR count). The number of rotatable bonds is 8. The van der Waals surface area contributed by atoms with E-state index in [0.29, 0.717) is 18.1 Å². The second-order valence-electron chi connectivity index (χ2n) is 9.82. The fourth-order valence-corrected chi connectivity index (χ4v) is 5.50. The van der Waals surface area contributed by atoms with Crippen LogP contribution in [0.25, 0.3) is 11.0 Å². The number of fused-ring (bicyclic) bond motifs is 1. The lowest BCUT2D eigenvalue weighted by atomic mass is 9.83. The van der Waals surface area contributed by atoms with Gasteiger partial charge < -0.3 is 14.1 Å². The fourth-order valence-electron chi connectivity index (χ4n) is 5.50. The molecule has 36 heavy (non-hydrogen) atoms. The van der Waals surface area contributed by atoms with E-state index in [2.05, 4.69) is 9.80 Å². The van der Waals surface area contributed by atoms with E-state index in [0.717, 1.165) is 74.4 Å². The quantitative estimate of drug-likeness (QED) is 0.182. The first-order valence-corrected chi connectivity index (χ1v) is 13.0. The maximum absolute atomic E-state index is 12.2. The average molecular weight is 492 g/mol.